The minimum Gasteiger partial charge on any atom is -0.493 e. The third kappa shape index (κ3) is 5.96. The van der Waals surface area contributed by atoms with Gasteiger partial charge in [-0.1, -0.05) is 11.8 Å². The second-order valence-corrected chi connectivity index (χ2v) is 10.7. The third-order valence-corrected chi connectivity index (χ3v) is 7.63. The van der Waals surface area contributed by atoms with Gasteiger partial charge in [-0.15, -0.1) is 11.3 Å². The smallest absolute Gasteiger partial charge is 0.190 e. The second-order valence-electron chi connectivity index (χ2n) is 8.20. The van der Waals surface area contributed by atoms with E-state index < -0.39 is 0 Å². The van der Waals surface area contributed by atoms with Crippen molar-refractivity contribution < 1.29 is 9.47 Å². The van der Waals surface area contributed by atoms with Crippen LogP contribution in [0.4, 0.5) is 5.82 Å². The minimum absolute atomic E-state index is 0.102. The Labute approximate surface area is 203 Å². The molecule has 9 heteroatoms. The fourth-order valence-corrected chi connectivity index (χ4v) is 6.05. The summed E-state index contributed by atoms with van der Waals surface area (Å²) in [6, 6.07) is 7.80. The number of methoxy groups -OCH3 is 1. The van der Waals surface area contributed by atoms with Crippen molar-refractivity contribution in [1.29, 1.82) is 0 Å². The highest BCUT2D eigenvalue weighted by Gasteiger charge is 2.19. The summed E-state index contributed by atoms with van der Waals surface area (Å²) in [5.74, 6) is 1.99. The number of benzene rings is 1. The topological polar surface area (TPSA) is 86.4 Å². The molecule has 176 valence electrons. The lowest BCUT2D eigenvalue weighted by Crippen LogP contribution is -2.25. The highest BCUT2D eigenvalue weighted by Crippen LogP contribution is 2.40. The van der Waals surface area contributed by atoms with Crippen LogP contribution in [0.2, 0.25) is 0 Å². The Morgan fingerprint density at radius 1 is 1.12 bits per heavy atom. The number of anilines is 1. The molecule has 2 N–H and O–H groups in total. The van der Waals surface area contributed by atoms with Crippen LogP contribution in [0.5, 0.6) is 11.5 Å². The number of nitrogens with two attached hydrogens (primary N) is 1. The molecule has 0 unspecified atom stereocenters. The highest BCUT2D eigenvalue weighted by molar-refractivity contribution is 7.99. The first-order chi connectivity index (χ1) is 15.9. The van der Waals surface area contributed by atoms with E-state index in [2.05, 4.69) is 28.7 Å². The summed E-state index contributed by atoms with van der Waals surface area (Å²) in [6.45, 7) is 10.1. The van der Waals surface area contributed by atoms with E-state index in [-0.39, 0.29) is 5.25 Å². The number of thiazole rings is 1. The van der Waals surface area contributed by atoms with Gasteiger partial charge < -0.3 is 15.2 Å². The Bertz CT molecular complexity index is 1080. The van der Waals surface area contributed by atoms with E-state index in [1.807, 2.05) is 25.1 Å². The molecule has 0 spiro atoms. The Hall–Kier alpha value is -2.36. The SMILES string of the molecule is COc1ccc(-c2nc([C@H](C)Sc3nc(C)cc(N)n3)c(C)s2)cc1OCCN1CCCC1. The van der Waals surface area contributed by atoms with Crippen LogP contribution in [0, 0.1) is 13.8 Å². The number of likely N-dealkylation sites (tertiary alicyclic amines) is 1. The molecule has 1 aliphatic heterocycles. The Balaban J connectivity index is 1.49. The maximum atomic E-state index is 6.12. The zero-order valence-corrected chi connectivity index (χ0v) is 21.3. The predicted octanol–water partition coefficient (Wildman–Crippen LogP) is 5.14. The van der Waals surface area contributed by atoms with Gasteiger partial charge in [0.05, 0.1) is 18.1 Å². The van der Waals surface area contributed by atoms with E-state index in [0.29, 0.717) is 17.6 Å². The zero-order chi connectivity index (χ0) is 23.4. The lowest BCUT2D eigenvalue weighted by molar-refractivity contribution is 0.230. The van der Waals surface area contributed by atoms with Crippen LogP contribution in [0.15, 0.2) is 29.4 Å². The number of nitrogen functional groups attached to an aromatic ring is 1. The standard InChI is InChI=1S/C24H31N5O2S2/c1-15-13-21(25)27-24(26-15)33-17(3)22-16(2)32-23(28-22)18-7-8-19(30-4)20(14-18)31-12-11-29-9-5-6-10-29/h7-8,13-14,17H,5-6,9-12H2,1-4H3,(H2,25,26,27)/t17-/m0/s1. The predicted molar refractivity (Wildman–Crippen MR) is 135 cm³/mol. The van der Waals surface area contributed by atoms with Crippen molar-refractivity contribution in [3.63, 3.8) is 0 Å². The van der Waals surface area contributed by atoms with Gasteiger partial charge in [0.15, 0.2) is 16.7 Å². The molecular weight excluding hydrogens is 454 g/mol. The molecule has 0 amide bonds. The maximum Gasteiger partial charge on any atom is 0.190 e. The monoisotopic (exact) mass is 485 g/mol. The number of nitrogens with zero attached hydrogens (tertiary/aromatic N) is 4. The van der Waals surface area contributed by atoms with E-state index in [9.17, 15) is 0 Å². The molecule has 7 nitrogen and oxygen atoms in total. The molecule has 1 saturated heterocycles. The number of hydrogen-bond acceptors (Lipinski definition) is 9. The normalized spacial score (nSPS) is 15.0. The van der Waals surface area contributed by atoms with Crippen LogP contribution in [0.3, 0.4) is 0 Å². The summed E-state index contributed by atoms with van der Waals surface area (Å²) in [7, 11) is 1.67. The molecule has 2 aromatic heterocycles. The Kier molecular flexibility index (Phi) is 7.72. The molecule has 1 aliphatic rings. The third-order valence-electron chi connectivity index (χ3n) is 5.63. The average molecular weight is 486 g/mol. The molecule has 33 heavy (non-hydrogen) atoms. The molecule has 1 fully saturated rings. The fourth-order valence-electron chi connectivity index (χ4n) is 3.95. The van der Waals surface area contributed by atoms with Crippen molar-refractivity contribution in [3.05, 3.63) is 40.5 Å². The van der Waals surface area contributed by atoms with Crippen LogP contribution >= 0.6 is 23.1 Å². The Morgan fingerprint density at radius 2 is 1.91 bits per heavy atom. The van der Waals surface area contributed by atoms with E-state index in [1.165, 1.54) is 17.7 Å². The summed E-state index contributed by atoms with van der Waals surface area (Å²) in [6.07, 6.45) is 2.56. The van der Waals surface area contributed by atoms with Crippen molar-refractivity contribution in [2.75, 3.05) is 39.1 Å². The van der Waals surface area contributed by atoms with Gasteiger partial charge in [-0.3, -0.25) is 4.90 Å². The summed E-state index contributed by atoms with van der Waals surface area (Å²) < 4.78 is 11.6. The van der Waals surface area contributed by atoms with Crippen LogP contribution in [0.1, 0.15) is 41.3 Å². The lowest BCUT2D eigenvalue weighted by Gasteiger charge is -2.16. The van der Waals surface area contributed by atoms with Gasteiger partial charge in [0.25, 0.3) is 0 Å². The average Bonchev–Trinajstić information content (AvgIpc) is 3.42. The number of ether oxygens (including phenoxy) is 2. The first-order valence-corrected chi connectivity index (χ1v) is 12.9. The largest absolute Gasteiger partial charge is 0.493 e. The molecule has 0 aliphatic carbocycles. The molecule has 0 bridgehead atoms. The van der Waals surface area contributed by atoms with E-state index in [1.54, 1.807) is 36.3 Å². The van der Waals surface area contributed by atoms with E-state index >= 15 is 0 Å². The summed E-state index contributed by atoms with van der Waals surface area (Å²) in [5.41, 5.74) is 8.82. The number of thioether (sulfide) groups is 1. The number of hydrogen-bond donors (Lipinski definition) is 1. The van der Waals surface area contributed by atoms with Gasteiger partial charge in [-0.2, -0.15) is 0 Å². The van der Waals surface area contributed by atoms with Crippen molar-refractivity contribution in [3.8, 4) is 22.1 Å². The first kappa shape index (κ1) is 23.8. The number of aryl methyl sites for hydroxylation is 2. The number of rotatable bonds is 9. The van der Waals surface area contributed by atoms with Gasteiger partial charge >= 0.3 is 0 Å². The maximum absolute atomic E-state index is 6.12. The number of aromatic nitrogens is 3. The molecule has 4 rings (SSSR count). The van der Waals surface area contributed by atoms with Gasteiger partial charge in [0, 0.05) is 28.7 Å². The van der Waals surface area contributed by atoms with Crippen molar-refractivity contribution >= 4 is 28.9 Å². The summed E-state index contributed by atoms with van der Waals surface area (Å²) in [4.78, 5) is 17.4. The van der Waals surface area contributed by atoms with Crippen LogP contribution in [-0.2, 0) is 0 Å². The van der Waals surface area contributed by atoms with E-state index in [0.717, 1.165) is 53.1 Å². The van der Waals surface area contributed by atoms with Crippen molar-refractivity contribution in [2.24, 2.45) is 0 Å². The molecule has 3 heterocycles. The van der Waals surface area contributed by atoms with Crippen LogP contribution in [0.25, 0.3) is 10.6 Å². The van der Waals surface area contributed by atoms with Gasteiger partial charge in [0.2, 0.25) is 0 Å². The highest BCUT2D eigenvalue weighted by atomic mass is 32.2. The zero-order valence-electron chi connectivity index (χ0n) is 19.6. The molecule has 0 saturated carbocycles. The van der Waals surface area contributed by atoms with Gasteiger partial charge in [-0.25, -0.2) is 15.0 Å². The lowest BCUT2D eigenvalue weighted by atomic mass is 10.2. The van der Waals surface area contributed by atoms with Crippen molar-refractivity contribution in [2.45, 2.75) is 44.0 Å². The minimum atomic E-state index is 0.102. The van der Waals surface area contributed by atoms with Crippen LogP contribution in [-0.4, -0.2) is 53.2 Å². The molecular formula is C24H31N5O2S2. The molecule has 1 atom stereocenters. The summed E-state index contributed by atoms with van der Waals surface area (Å²) >= 11 is 3.26. The summed E-state index contributed by atoms with van der Waals surface area (Å²) in [5, 5.41) is 1.74. The molecule has 0 radical (unpaired) electrons. The molecule has 1 aromatic carbocycles. The quantitative estimate of drug-likeness (QED) is 0.329. The Morgan fingerprint density at radius 3 is 2.64 bits per heavy atom. The fraction of sp³-hybridized carbons (Fsp3) is 0.458. The van der Waals surface area contributed by atoms with E-state index in [4.69, 9.17) is 20.2 Å². The van der Waals surface area contributed by atoms with Gasteiger partial charge in [-0.05, 0) is 64.9 Å². The van der Waals surface area contributed by atoms with Crippen molar-refractivity contribution in [1.82, 2.24) is 19.9 Å². The van der Waals surface area contributed by atoms with Crippen LogP contribution < -0.4 is 15.2 Å². The molecule has 3 aromatic rings. The second kappa shape index (κ2) is 10.7. The van der Waals surface area contributed by atoms with Gasteiger partial charge in [0.1, 0.15) is 17.4 Å². The first-order valence-electron chi connectivity index (χ1n) is 11.2.